The van der Waals surface area contributed by atoms with Crippen molar-refractivity contribution in [1.82, 2.24) is 19.6 Å². The van der Waals surface area contributed by atoms with Crippen LogP contribution in [0.25, 0.3) is 5.65 Å². The Hall–Kier alpha value is -2.41. The Bertz CT molecular complexity index is 975. The Balaban J connectivity index is 0.00000210. The van der Waals surface area contributed by atoms with Gasteiger partial charge in [0, 0.05) is 44.0 Å². The first-order valence-electron chi connectivity index (χ1n) is 8.81. The highest BCUT2D eigenvalue weighted by atomic mass is 35.5. The van der Waals surface area contributed by atoms with Crippen molar-refractivity contribution < 1.29 is 4.74 Å². The molecule has 1 N–H and O–H groups in total. The number of nitrogens with one attached hydrogen (secondary N) is 1. The summed E-state index contributed by atoms with van der Waals surface area (Å²) < 4.78 is 7.12. The maximum Gasteiger partial charge on any atom is 0.258 e. The van der Waals surface area contributed by atoms with Gasteiger partial charge in [-0.15, -0.1) is 12.4 Å². The molecule has 0 spiro atoms. The quantitative estimate of drug-likeness (QED) is 0.745. The van der Waals surface area contributed by atoms with Crippen molar-refractivity contribution in [3.05, 3.63) is 76.3 Å². The molecule has 3 heterocycles. The molecule has 1 aliphatic heterocycles. The molecule has 7 heteroatoms. The molecule has 2 aromatic heterocycles. The minimum Gasteiger partial charge on any atom is -0.496 e. The maximum atomic E-state index is 12.4. The number of hydrogen-bond acceptors (Lipinski definition) is 5. The lowest BCUT2D eigenvalue weighted by Crippen LogP contribution is -2.45. The molecule has 0 bridgehead atoms. The van der Waals surface area contributed by atoms with Crippen molar-refractivity contribution in [3.8, 4) is 5.75 Å². The van der Waals surface area contributed by atoms with E-state index in [4.69, 9.17) is 4.74 Å². The normalized spacial score (nSPS) is 17.4. The number of ether oxygens (including phenoxy) is 1. The van der Waals surface area contributed by atoms with Gasteiger partial charge in [0.15, 0.2) is 0 Å². The Morgan fingerprint density at radius 2 is 2.04 bits per heavy atom. The van der Waals surface area contributed by atoms with Crippen LogP contribution in [-0.4, -0.2) is 41.0 Å². The van der Waals surface area contributed by atoms with Crippen LogP contribution in [0.1, 0.15) is 17.3 Å². The monoisotopic (exact) mass is 386 g/mol. The molecular formula is C20H23ClN4O2. The summed E-state index contributed by atoms with van der Waals surface area (Å²) in [6.45, 7) is 3.27. The second kappa shape index (κ2) is 8.52. The fraction of sp³-hybridized carbons (Fsp3) is 0.300. The van der Waals surface area contributed by atoms with Gasteiger partial charge in [-0.25, -0.2) is 4.98 Å². The van der Waals surface area contributed by atoms with Crippen molar-refractivity contribution in [2.24, 2.45) is 0 Å². The lowest BCUT2D eigenvalue weighted by Gasteiger charge is -2.36. The van der Waals surface area contributed by atoms with Crippen LogP contribution < -0.4 is 15.6 Å². The van der Waals surface area contributed by atoms with Gasteiger partial charge in [-0.05, 0) is 18.2 Å². The van der Waals surface area contributed by atoms with Crippen molar-refractivity contribution in [3.63, 3.8) is 0 Å². The number of aromatic nitrogens is 2. The molecule has 0 saturated carbocycles. The van der Waals surface area contributed by atoms with Crippen LogP contribution in [-0.2, 0) is 6.54 Å². The number of benzene rings is 1. The Morgan fingerprint density at radius 3 is 2.89 bits per heavy atom. The van der Waals surface area contributed by atoms with E-state index in [9.17, 15) is 4.79 Å². The summed E-state index contributed by atoms with van der Waals surface area (Å²) in [5.41, 5.74) is 2.58. The average molecular weight is 387 g/mol. The molecule has 27 heavy (non-hydrogen) atoms. The number of methoxy groups -OCH3 is 1. The summed E-state index contributed by atoms with van der Waals surface area (Å²) in [4.78, 5) is 19.4. The molecule has 1 aromatic carbocycles. The van der Waals surface area contributed by atoms with Crippen LogP contribution in [0.5, 0.6) is 5.75 Å². The van der Waals surface area contributed by atoms with Crippen LogP contribution in [0, 0.1) is 0 Å². The molecule has 6 nitrogen and oxygen atoms in total. The second-order valence-electron chi connectivity index (χ2n) is 6.45. The Kier molecular flexibility index (Phi) is 6.11. The van der Waals surface area contributed by atoms with Crippen molar-refractivity contribution in [2.75, 3.05) is 26.7 Å². The van der Waals surface area contributed by atoms with Gasteiger partial charge in [-0.1, -0.05) is 24.3 Å². The largest absolute Gasteiger partial charge is 0.496 e. The molecule has 3 aromatic rings. The van der Waals surface area contributed by atoms with E-state index in [1.807, 2.05) is 36.4 Å². The number of fused-ring (bicyclic) bond motifs is 1. The van der Waals surface area contributed by atoms with Crippen LogP contribution in [0.4, 0.5) is 0 Å². The number of halogens is 1. The number of rotatable bonds is 4. The lowest BCUT2D eigenvalue weighted by atomic mass is 10.0. The zero-order chi connectivity index (χ0) is 17.9. The fourth-order valence-electron chi connectivity index (χ4n) is 3.58. The van der Waals surface area contributed by atoms with Crippen LogP contribution in [0.15, 0.2) is 59.5 Å². The summed E-state index contributed by atoms with van der Waals surface area (Å²) >= 11 is 0. The molecule has 1 fully saturated rings. The number of piperazine rings is 1. The zero-order valence-electron chi connectivity index (χ0n) is 15.2. The summed E-state index contributed by atoms with van der Waals surface area (Å²) in [5.74, 6) is 0.887. The Morgan fingerprint density at radius 1 is 1.22 bits per heavy atom. The van der Waals surface area contributed by atoms with E-state index >= 15 is 0 Å². The van der Waals surface area contributed by atoms with Gasteiger partial charge in [-0.3, -0.25) is 14.1 Å². The van der Waals surface area contributed by atoms with Gasteiger partial charge in [0.05, 0.1) is 18.8 Å². The standard InChI is InChI=1S/C20H22N4O2.ClH/c1-26-18-7-3-2-6-16(18)17-13-21-9-11-23(17)14-15-12-20(25)24-10-5-4-8-19(24)22-15;/h2-8,10,12,17,21H,9,11,13-14H2,1H3;1H. The van der Waals surface area contributed by atoms with E-state index in [1.165, 1.54) is 0 Å². The van der Waals surface area contributed by atoms with Gasteiger partial charge >= 0.3 is 0 Å². The molecule has 4 rings (SSSR count). The first-order chi connectivity index (χ1) is 12.8. The lowest BCUT2D eigenvalue weighted by molar-refractivity contribution is 0.149. The summed E-state index contributed by atoms with van der Waals surface area (Å²) in [5, 5.41) is 3.46. The van der Waals surface area contributed by atoms with Crippen molar-refractivity contribution in [1.29, 1.82) is 0 Å². The van der Waals surface area contributed by atoms with E-state index in [-0.39, 0.29) is 24.0 Å². The minimum absolute atomic E-state index is 0. The number of para-hydroxylation sites is 1. The topological polar surface area (TPSA) is 58.9 Å². The minimum atomic E-state index is -0.0467. The van der Waals surface area contributed by atoms with Crippen LogP contribution >= 0.6 is 12.4 Å². The van der Waals surface area contributed by atoms with E-state index in [0.717, 1.165) is 36.6 Å². The second-order valence-corrected chi connectivity index (χ2v) is 6.45. The summed E-state index contributed by atoms with van der Waals surface area (Å²) in [6, 6.07) is 15.5. The molecule has 0 amide bonds. The molecule has 1 saturated heterocycles. The maximum absolute atomic E-state index is 12.4. The van der Waals surface area contributed by atoms with Crippen molar-refractivity contribution in [2.45, 2.75) is 12.6 Å². The zero-order valence-corrected chi connectivity index (χ0v) is 16.0. The predicted molar refractivity (Wildman–Crippen MR) is 108 cm³/mol. The van der Waals surface area contributed by atoms with Gasteiger partial charge in [-0.2, -0.15) is 0 Å². The molecule has 1 unspecified atom stereocenters. The molecular weight excluding hydrogens is 364 g/mol. The highest BCUT2D eigenvalue weighted by molar-refractivity contribution is 5.85. The van der Waals surface area contributed by atoms with Gasteiger partial charge < -0.3 is 10.1 Å². The van der Waals surface area contributed by atoms with E-state index in [0.29, 0.717) is 12.2 Å². The van der Waals surface area contributed by atoms with Gasteiger partial charge in [0.1, 0.15) is 11.4 Å². The third-order valence-electron chi connectivity index (χ3n) is 4.84. The van der Waals surface area contributed by atoms with Crippen LogP contribution in [0.3, 0.4) is 0 Å². The number of hydrogen-bond donors (Lipinski definition) is 1. The molecule has 0 aliphatic carbocycles. The molecule has 0 radical (unpaired) electrons. The van der Waals surface area contributed by atoms with E-state index in [1.54, 1.807) is 23.8 Å². The number of nitrogens with zero attached hydrogens (tertiary/aromatic N) is 3. The highest BCUT2D eigenvalue weighted by Gasteiger charge is 2.26. The van der Waals surface area contributed by atoms with E-state index < -0.39 is 0 Å². The van der Waals surface area contributed by atoms with E-state index in [2.05, 4.69) is 21.3 Å². The van der Waals surface area contributed by atoms with Gasteiger partial charge in [0.25, 0.3) is 5.56 Å². The molecule has 142 valence electrons. The fourth-order valence-corrected chi connectivity index (χ4v) is 3.58. The first-order valence-corrected chi connectivity index (χ1v) is 8.81. The van der Waals surface area contributed by atoms with Crippen molar-refractivity contribution >= 4 is 18.1 Å². The smallest absolute Gasteiger partial charge is 0.258 e. The SMILES string of the molecule is COc1ccccc1C1CNCCN1Cc1cc(=O)n2ccccc2n1.Cl. The molecule has 1 aliphatic rings. The van der Waals surface area contributed by atoms with Gasteiger partial charge in [0.2, 0.25) is 0 Å². The van der Waals surface area contributed by atoms with Crippen LogP contribution in [0.2, 0.25) is 0 Å². The average Bonchev–Trinajstić information content (AvgIpc) is 2.68. The predicted octanol–water partition coefficient (Wildman–Crippen LogP) is 2.27. The Labute approximate surface area is 164 Å². The first kappa shape index (κ1) is 19.4. The molecule has 1 atom stereocenters. The third kappa shape index (κ3) is 3.98. The summed E-state index contributed by atoms with van der Waals surface area (Å²) in [7, 11) is 1.70. The summed E-state index contributed by atoms with van der Waals surface area (Å²) in [6.07, 6.45) is 1.75. The number of pyridine rings is 1. The highest BCUT2D eigenvalue weighted by Crippen LogP contribution is 2.30. The third-order valence-corrected chi connectivity index (χ3v) is 4.84.